The molecule has 1 aromatic rings. The third-order valence-corrected chi connectivity index (χ3v) is 3.68. The highest BCUT2D eigenvalue weighted by atomic mass is 16.5. The first-order chi connectivity index (χ1) is 8.66. The molecule has 0 aromatic heterocycles. The fourth-order valence-electron chi connectivity index (χ4n) is 2.40. The molecule has 1 aromatic carbocycles. The van der Waals surface area contributed by atoms with Crippen LogP contribution in [-0.2, 0) is 4.74 Å². The second-order valence-electron chi connectivity index (χ2n) is 5.23. The van der Waals surface area contributed by atoms with Gasteiger partial charge in [0.2, 0.25) is 0 Å². The van der Waals surface area contributed by atoms with Crippen molar-refractivity contribution in [2.45, 2.75) is 26.0 Å². The van der Waals surface area contributed by atoms with Gasteiger partial charge in [-0.05, 0) is 26.5 Å². The van der Waals surface area contributed by atoms with Crippen molar-refractivity contribution in [1.29, 1.82) is 0 Å². The zero-order valence-corrected chi connectivity index (χ0v) is 11.6. The molecule has 1 fully saturated rings. The van der Waals surface area contributed by atoms with Crippen LogP contribution in [-0.4, -0.2) is 44.3 Å². The molecule has 1 N–H and O–H groups in total. The van der Waals surface area contributed by atoms with Crippen LogP contribution in [0.2, 0.25) is 0 Å². The van der Waals surface area contributed by atoms with Crippen LogP contribution in [0.25, 0.3) is 0 Å². The van der Waals surface area contributed by atoms with Crippen LogP contribution in [0.4, 0.5) is 0 Å². The van der Waals surface area contributed by atoms with E-state index < -0.39 is 0 Å². The Hall–Kier alpha value is -0.900. The van der Waals surface area contributed by atoms with Gasteiger partial charge in [-0.25, -0.2) is 0 Å². The Morgan fingerprint density at radius 2 is 2.33 bits per heavy atom. The number of likely N-dealkylation sites (N-methyl/N-ethyl adjacent to an activating group) is 1. The van der Waals surface area contributed by atoms with E-state index in [0.29, 0.717) is 12.1 Å². The molecular formula is C15H24N2O. The molecule has 100 valence electrons. The van der Waals surface area contributed by atoms with Crippen molar-refractivity contribution in [3.63, 3.8) is 0 Å². The van der Waals surface area contributed by atoms with Gasteiger partial charge in [-0.2, -0.15) is 0 Å². The van der Waals surface area contributed by atoms with Gasteiger partial charge in [0.1, 0.15) is 0 Å². The fourth-order valence-corrected chi connectivity index (χ4v) is 2.40. The molecule has 0 amide bonds. The molecule has 3 heteroatoms. The van der Waals surface area contributed by atoms with Crippen molar-refractivity contribution in [2.24, 2.45) is 0 Å². The Morgan fingerprint density at radius 3 is 3.00 bits per heavy atom. The van der Waals surface area contributed by atoms with Gasteiger partial charge in [-0.3, -0.25) is 4.90 Å². The van der Waals surface area contributed by atoms with Crippen LogP contribution in [0.15, 0.2) is 24.3 Å². The van der Waals surface area contributed by atoms with Gasteiger partial charge in [0, 0.05) is 25.7 Å². The summed E-state index contributed by atoms with van der Waals surface area (Å²) < 4.78 is 5.75. The summed E-state index contributed by atoms with van der Waals surface area (Å²) in [4.78, 5) is 2.37. The van der Waals surface area contributed by atoms with E-state index in [1.165, 1.54) is 11.1 Å². The average Bonchev–Trinajstić information content (AvgIpc) is 2.39. The third-order valence-electron chi connectivity index (χ3n) is 3.68. The van der Waals surface area contributed by atoms with E-state index >= 15 is 0 Å². The summed E-state index contributed by atoms with van der Waals surface area (Å²) in [6.07, 6.45) is 0.316. The van der Waals surface area contributed by atoms with Crippen LogP contribution < -0.4 is 5.32 Å². The smallest absolute Gasteiger partial charge is 0.0826 e. The normalized spacial score (nSPS) is 22.1. The van der Waals surface area contributed by atoms with Gasteiger partial charge in [-0.1, -0.05) is 29.8 Å². The maximum absolute atomic E-state index is 5.75. The Bertz CT molecular complexity index is 375. The molecule has 3 nitrogen and oxygen atoms in total. The number of aryl methyl sites for hydroxylation is 1. The highest BCUT2D eigenvalue weighted by molar-refractivity contribution is 5.24. The van der Waals surface area contributed by atoms with Gasteiger partial charge < -0.3 is 10.1 Å². The second-order valence-corrected chi connectivity index (χ2v) is 5.23. The SMILES string of the molecule is Cc1cccc(C(C)N(C)CC2CNCCO2)c1. The van der Waals surface area contributed by atoms with E-state index in [4.69, 9.17) is 4.74 Å². The third kappa shape index (κ3) is 3.55. The van der Waals surface area contributed by atoms with Gasteiger partial charge in [0.25, 0.3) is 0 Å². The van der Waals surface area contributed by atoms with Crippen LogP contribution >= 0.6 is 0 Å². The van der Waals surface area contributed by atoms with E-state index in [9.17, 15) is 0 Å². The highest BCUT2D eigenvalue weighted by Crippen LogP contribution is 2.20. The van der Waals surface area contributed by atoms with E-state index in [1.54, 1.807) is 0 Å². The van der Waals surface area contributed by atoms with Crippen LogP contribution in [0, 0.1) is 6.92 Å². The Labute approximate surface area is 110 Å². The number of rotatable bonds is 4. The second kappa shape index (κ2) is 6.32. The number of hydrogen-bond acceptors (Lipinski definition) is 3. The Kier molecular flexibility index (Phi) is 4.75. The first kappa shape index (κ1) is 13.5. The van der Waals surface area contributed by atoms with E-state index in [1.807, 2.05) is 0 Å². The van der Waals surface area contributed by atoms with Crippen molar-refractivity contribution in [3.8, 4) is 0 Å². The predicted molar refractivity (Wildman–Crippen MR) is 74.8 cm³/mol. The minimum atomic E-state index is 0.316. The van der Waals surface area contributed by atoms with Crippen molar-refractivity contribution in [3.05, 3.63) is 35.4 Å². The van der Waals surface area contributed by atoms with Gasteiger partial charge in [0.15, 0.2) is 0 Å². The molecule has 0 spiro atoms. The topological polar surface area (TPSA) is 24.5 Å². The number of ether oxygens (including phenoxy) is 1. The lowest BCUT2D eigenvalue weighted by Gasteiger charge is -2.31. The maximum atomic E-state index is 5.75. The molecule has 2 atom stereocenters. The molecule has 0 aliphatic carbocycles. The van der Waals surface area contributed by atoms with E-state index in [0.717, 1.165) is 26.2 Å². The monoisotopic (exact) mass is 248 g/mol. The number of nitrogens with zero attached hydrogens (tertiary/aromatic N) is 1. The maximum Gasteiger partial charge on any atom is 0.0826 e. The van der Waals surface area contributed by atoms with Crippen molar-refractivity contribution < 1.29 is 4.74 Å². The molecule has 18 heavy (non-hydrogen) atoms. The molecule has 1 aliphatic rings. The number of hydrogen-bond donors (Lipinski definition) is 1. The summed E-state index contributed by atoms with van der Waals surface area (Å²) in [5, 5.41) is 3.38. The van der Waals surface area contributed by atoms with Crippen LogP contribution in [0.5, 0.6) is 0 Å². The number of morpholine rings is 1. The zero-order valence-electron chi connectivity index (χ0n) is 11.6. The summed E-state index contributed by atoms with van der Waals surface area (Å²) in [6.45, 7) is 8.15. The lowest BCUT2D eigenvalue weighted by Crippen LogP contribution is -2.44. The van der Waals surface area contributed by atoms with Crippen LogP contribution in [0.3, 0.4) is 0 Å². The fraction of sp³-hybridized carbons (Fsp3) is 0.600. The molecule has 2 rings (SSSR count). The van der Waals surface area contributed by atoms with Crippen molar-refractivity contribution in [1.82, 2.24) is 10.2 Å². The number of nitrogens with one attached hydrogen (secondary N) is 1. The van der Waals surface area contributed by atoms with E-state index in [-0.39, 0.29) is 0 Å². The largest absolute Gasteiger partial charge is 0.374 e. The Morgan fingerprint density at radius 1 is 1.50 bits per heavy atom. The highest BCUT2D eigenvalue weighted by Gasteiger charge is 2.19. The molecule has 1 aliphatic heterocycles. The molecule has 1 heterocycles. The summed E-state index contributed by atoms with van der Waals surface area (Å²) >= 11 is 0. The molecular weight excluding hydrogens is 224 g/mol. The standard InChI is InChI=1S/C15H24N2O/c1-12-5-4-6-14(9-12)13(2)17(3)11-15-10-16-7-8-18-15/h4-6,9,13,15-16H,7-8,10-11H2,1-3H3. The molecule has 0 radical (unpaired) electrons. The van der Waals surface area contributed by atoms with E-state index in [2.05, 4.69) is 55.4 Å². The van der Waals surface area contributed by atoms with Crippen LogP contribution in [0.1, 0.15) is 24.1 Å². The van der Waals surface area contributed by atoms with Gasteiger partial charge in [-0.15, -0.1) is 0 Å². The summed E-state index contributed by atoms with van der Waals surface area (Å²) in [5.41, 5.74) is 2.70. The predicted octanol–water partition coefficient (Wildman–Crippen LogP) is 1.98. The molecule has 0 bridgehead atoms. The molecule has 0 saturated carbocycles. The minimum Gasteiger partial charge on any atom is -0.374 e. The first-order valence-corrected chi connectivity index (χ1v) is 6.76. The minimum absolute atomic E-state index is 0.316. The Balaban J connectivity index is 1.93. The first-order valence-electron chi connectivity index (χ1n) is 6.76. The van der Waals surface area contributed by atoms with Crippen molar-refractivity contribution in [2.75, 3.05) is 33.3 Å². The van der Waals surface area contributed by atoms with Gasteiger partial charge >= 0.3 is 0 Å². The quantitative estimate of drug-likeness (QED) is 0.882. The molecule has 1 saturated heterocycles. The lowest BCUT2D eigenvalue weighted by atomic mass is 10.0. The summed E-state index contributed by atoms with van der Waals surface area (Å²) in [6, 6.07) is 9.17. The zero-order chi connectivity index (χ0) is 13.0. The lowest BCUT2D eigenvalue weighted by molar-refractivity contribution is 0.00393. The van der Waals surface area contributed by atoms with Crippen molar-refractivity contribution >= 4 is 0 Å². The average molecular weight is 248 g/mol. The number of benzene rings is 1. The van der Waals surface area contributed by atoms with Gasteiger partial charge in [0.05, 0.1) is 12.7 Å². The summed E-state index contributed by atoms with van der Waals surface area (Å²) in [5.74, 6) is 0. The summed E-state index contributed by atoms with van der Waals surface area (Å²) in [7, 11) is 2.17. The molecule has 2 unspecified atom stereocenters.